The van der Waals surface area contributed by atoms with Crippen molar-refractivity contribution >= 4 is 5.97 Å². The quantitative estimate of drug-likeness (QED) is 0.747. The zero-order valence-corrected chi connectivity index (χ0v) is 13.5. The molecule has 4 nitrogen and oxygen atoms in total. The second kappa shape index (κ2) is 8.22. The summed E-state index contributed by atoms with van der Waals surface area (Å²) in [5, 5.41) is 9.42. The van der Waals surface area contributed by atoms with Gasteiger partial charge in [-0.1, -0.05) is 35.9 Å². The van der Waals surface area contributed by atoms with Gasteiger partial charge in [-0.25, -0.2) is 0 Å². The third-order valence-corrected chi connectivity index (χ3v) is 3.72. The number of carboxylic acid groups (broad SMARTS) is 1. The summed E-state index contributed by atoms with van der Waals surface area (Å²) in [5.41, 5.74) is 1.96. The van der Waals surface area contributed by atoms with Crippen LogP contribution in [0.4, 0.5) is 0 Å². The van der Waals surface area contributed by atoms with Gasteiger partial charge in [0.1, 0.15) is 11.5 Å². The monoisotopic (exact) mass is 314 g/mol. The van der Waals surface area contributed by atoms with E-state index in [2.05, 4.69) is 0 Å². The van der Waals surface area contributed by atoms with E-state index in [9.17, 15) is 9.90 Å². The predicted octanol–water partition coefficient (Wildman–Crippen LogP) is 4.03. The molecule has 122 valence electrons. The minimum Gasteiger partial charge on any atom is -0.497 e. The number of carbonyl (C=O) groups is 1. The molecule has 0 saturated carbocycles. The fraction of sp³-hybridized carbons (Fsp3) is 0.316. The lowest BCUT2D eigenvalue weighted by Gasteiger charge is -2.13. The standard InChI is InChI=1S/C19H22O4/c1-14-8-10-15(11-9-14)18(19(20)21)7-4-12-23-17-6-3-5-16(13-17)22-2/h3,5-6,8-11,13,18H,4,7,12H2,1-2H3,(H,20,21). The van der Waals surface area contributed by atoms with Gasteiger partial charge in [0.25, 0.3) is 0 Å². The van der Waals surface area contributed by atoms with Gasteiger partial charge in [-0.15, -0.1) is 0 Å². The number of hydrogen-bond donors (Lipinski definition) is 1. The lowest BCUT2D eigenvalue weighted by Crippen LogP contribution is -2.13. The molecule has 0 spiro atoms. The first-order chi connectivity index (χ1) is 11.1. The maximum atomic E-state index is 11.5. The summed E-state index contributed by atoms with van der Waals surface area (Å²) in [7, 11) is 1.61. The van der Waals surface area contributed by atoms with Gasteiger partial charge < -0.3 is 14.6 Å². The molecule has 1 unspecified atom stereocenters. The smallest absolute Gasteiger partial charge is 0.310 e. The Morgan fingerprint density at radius 1 is 1.13 bits per heavy atom. The molecule has 2 aromatic rings. The first kappa shape index (κ1) is 16.9. The molecule has 1 atom stereocenters. The van der Waals surface area contributed by atoms with E-state index in [1.807, 2.05) is 55.5 Å². The normalized spacial score (nSPS) is 11.7. The van der Waals surface area contributed by atoms with Crippen molar-refractivity contribution in [1.82, 2.24) is 0 Å². The maximum absolute atomic E-state index is 11.5. The lowest BCUT2D eigenvalue weighted by atomic mass is 9.94. The largest absolute Gasteiger partial charge is 0.497 e. The van der Waals surface area contributed by atoms with E-state index in [1.165, 1.54) is 0 Å². The second-order valence-corrected chi connectivity index (χ2v) is 5.47. The van der Waals surface area contributed by atoms with Gasteiger partial charge in [0, 0.05) is 6.07 Å². The molecule has 0 aromatic heterocycles. The van der Waals surface area contributed by atoms with Crippen molar-refractivity contribution in [3.8, 4) is 11.5 Å². The summed E-state index contributed by atoms with van der Waals surface area (Å²) < 4.78 is 10.8. The minimum atomic E-state index is -0.796. The highest BCUT2D eigenvalue weighted by atomic mass is 16.5. The highest BCUT2D eigenvalue weighted by Gasteiger charge is 2.19. The van der Waals surface area contributed by atoms with Crippen LogP contribution in [0.3, 0.4) is 0 Å². The summed E-state index contributed by atoms with van der Waals surface area (Å²) >= 11 is 0. The van der Waals surface area contributed by atoms with Crippen LogP contribution >= 0.6 is 0 Å². The number of benzene rings is 2. The van der Waals surface area contributed by atoms with Crippen molar-refractivity contribution in [2.45, 2.75) is 25.7 Å². The third-order valence-electron chi connectivity index (χ3n) is 3.72. The molecular weight excluding hydrogens is 292 g/mol. The first-order valence-corrected chi connectivity index (χ1v) is 7.66. The van der Waals surface area contributed by atoms with E-state index >= 15 is 0 Å². The number of carboxylic acids is 1. The van der Waals surface area contributed by atoms with E-state index in [0.717, 1.165) is 22.6 Å². The lowest BCUT2D eigenvalue weighted by molar-refractivity contribution is -0.139. The van der Waals surface area contributed by atoms with Gasteiger partial charge in [-0.2, -0.15) is 0 Å². The fourth-order valence-corrected chi connectivity index (χ4v) is 2.40. The Morgan fingerprint density at radius 3 is 2.48 bits per heavy atom. The van der Waals surface area contributed by atoms with Crippen LogP contribution in [-0.2, 0) is 4.79 Å². The van der Waals surface area contributed by atoms with Crippen LogP contribution in [0.5, 0.6) is 11.5 Å². The minimum absolute atomic E-state index is 0.475. The van der Waals surface area contributed by atoms with Crippen molar-refractivity contribution < 1.29 is 19.4 Å². The summed E-state index contributed by atoms with van der Waals surface area (Å²) in [4.78, 5) is 11.5. The Balaban J connectivity index is 1.87. The van der Waals surface area contributed by atoms with Crippen molar-refractivity contribution in [1.29, 1.82) is 0 Å². The van der Waals surface area contributed by atoms with Crippen molar-refractivity contribution in [2.75, 3.05) is 13.7 Å². The molecule has 4 heteroatoms. The number of methoxy groups -OCH3 is 1. The summed E-state index contributed by atoms with van der Waals surface area (Å²) in [6, 6.07) is 15.0. The number of aliphatic carboxylic acids is 1. The summed E-state index contributed by atoms with van der Waals surface area (Å²) in [5.74, 6) is 0.178. The number of hydrogen-bond acceptors (Lipinski definition) is 3. The van der Waals surface area contributed by atoms with Crippen molar-refractivity contribution in [3.05, 3.63) is 59.7 Å². The molecular formula is C19H22O4. The van der Waals surface area contributed by atoms with Crippen LogP contribution in [-0.4, -0.2) is 24.8 Å². The maximum Gasteiger partial charge on any atom is 0.310 e. The Kier molecular flexibility index (Phi) is 6.03. The van der Waals surface area contributed by atoms with Crippen molar-refractivity contribution in [3.63, 3.8) is 0 Å². The van der Waals surface area contributed by atoms with E-state index in [0.29, 0.717) is 19.4 Å². The molecule has 23 heavy (non-hydrogen) atoms. The molecule has 0 aliphatic heterocycles. The Hall–Kier alpha value is -2.49. The second-order valence-electron chi connectivity index (χ2n) is 5.47. The molecule has 0 aliphatic rings. The number of rotatable bonds is 8. The first-order valence-electron chi connectivity index (χ1n) is 7.66. The molecule has 0 fully saturated rings. The highest BCUT2D eigenvalue weighted by molar-refractivity contribution is 5.76. The van der Waals surface area contributed by atoms with Gasteiger partial charge >= 0.3 is 5.97 Å². The SMILES string of the molecule is COc1cccc(OCCCC(C(=O)O)c2ccc(C)cc2)c1. The topological polar surface area (TPSA) is 55.8 Å². The number of ether oxygens (including phenoxy) is 2. The molecule has 0 bridgehead atoms. The predicted molar refractivity (Wildman–Crippen MR) is 89.3 cm³/mol. The molecule has 0 amide bonds. The molecule has 0 radical (unpaired) electrons. The number of aryl methyl sites for hydroxylation is 1. The van der Waals surface area contributed by atoms with Gasteiger partial charge in [0.2, 0.25) is 0 Å². The zero-order valence-electron chi connectivity index (χ0n) is 13.5. The highest BCUT2D eigenvalue weighted by Crippen LogP contribution is 2.23. The van der Waals surface area contributed by atoms with Crippen LogP contribution in [0.1, 0.15) is 29.9 Å². The fourth-order valence-electron chi connectivity index (χ4n) is 2.40. The summed E-state index contributed by atoms with van der Waals surface area (Å²) in [6.45, 7) is 2.46. The average Bonchev–Trinajstić information content (AvgIpc) is 2.56. The Bertz CT molecular complexity index is 634. The zero-order chi connectivity index (χ0) is 16.7. The molecule has 0 aliphatic carbocycles. The molecule has 1 N–H and O–H groups in total. The Morgan fingerprint density at radius 2 is 1.83 bits per heavy atom. The van der Waals surface area contributed by atoms with Gasteiger partial charge in [-0.05, 0) is 37.5 Å². The molecule has 0 heterocycles. The van der Waals surface area contributed by atoms with Crippen LogP contribution < -0.4 is 9.47 Å². The van der Waals surface area contributed by atoms with E-state index in [-0.39, 0.29) is 0 Å². The molecule has 2 rings (SSSR count). The average molecular weight is 314 g/mol. The summed E-state index contributed by atoms with van der Waals surface area (Å²) in [6.07, 6.45) is 1.21. The van der Waals surface area contributed by atoms with E-state index in [1.54, 1.807) is 7.11 Å². The van der Waals surface area contributed by atoms with Crippen LogP contribution in [0.25, 0.3) is 0 Å². The molecule has 2 aromatic carbocycles. The van der Waals surface area contributed by atoms with Crippen LogP contribution in [0.2, 0.25) is 0 Å². The van der Waals surface area contributed by atoms with Crippen molar-refractivity contribution in [2.24, 2.45) is 0 Å². The van der Waals surface area contributed by atoms with Gasteiger partial charge in [-0.3, -0.25) is 4.79 Å². The van der Waals surface area contributed by atoms with Crippen LogP contribution in [0.15, 0.2) is 48.5 Å². The Labute approximate surface area is 136 Å². The van der Waals surface area contributed by atoms with E-state index in [4.69, 9.17) is 9.47 Å². The van der Waals surface area contributed by atoms with Crippen LogP contribution in [0, 0.1) is 6.92 Å². The van der Waals surface area contributed by atoms with Gasteiger partial charge in [0.05, 0.1) is 19.6 Å². The molecule has 0 saturated heterocycles. The third kappa shape index (κ3) is 5.02. The van der Waals surface area contributed by atoms with E-state index < -0.39 is 11.9 Å². The van der Waals surface area contributed by atoms with Gasteiger partial charge in [0.15, 0.2) is 0 Å².